The fraction of sp³-hybridized carbons (Fsp3) is 0.923. The highest BCUT2D eigenvalue weighted by Gasteiger charge is 2.53. The van der Waals surface area contributed by atoms with Gasteiger partial charge in [-0.2, -0.15) is 0 Å². The fourth-order valence-electron chi connectivity index (χ4n) is 2.37. The standard InChI is InChI=1S/C13H25N3.HI/c1-10(2)8-15-12(14-3)16-9-13(6-7-13)11-4-5-11;/h10-11H,4-9H2,1-3H3,(H2,14,15,16);1H. The van der Waals surface area contributed by atoms with Gasteiger partial charge in [-0.05, 0) is 42.9 Å². The van der Waals surface area contributed by atoms with Crippen LogP contribution in [0.3, 0.4) is 0 Å². The van der Waals surface area contributed by atoms with Crippen LogP contribution in [0.25, 0.3) is 0 Å². The number of hydrogen-bond donors (Lipinski definition) is 2. The molecule has 2 N–H and O–H groups in total. The van der Waals surface area contributed by atoms with Gasteiger partial charge in [0.15, 0.2) is 5.96 Å². The van der Waals surface area contributed by atoms with Crippen molar-refractivity contribution in [1.29, 1.82) is 0 Å². The molecule has 0 amide bonds. The Kier molecular flexibility index (Phi) is 5.54. The van der Waals surface area contributed by atoms with Gasteiger partial charge in [0, 0.05) is 20.1 Å². The van der Waals surface area contributed by atoms with Crippen molar-refractivity contribution in [3.8, 4) is 0 Å². The molecule has 2 saturated carbocycles. The van der Waals surface area contributed by atoms with Gasteiger partial charge < -0.3 is 10.6 Å². The summed E-state index contributed by atoms with van der Waals surface area (Å²) < 4.78 is 0. The Morgan fingerprint density at radius 2 is 1.94 bits per heavy atom. The molecular weight excluding hydrogens is 325 g/mol. The summed E-state index contributed by atoms with van der Waals surface area (Å²) in [5.41, 5.74) is 0.648. The van der Waals surface area contributed by atoms with Crippen LogP contribution in [0, 0.1) is 17.3 Å². The molecule has 0 spiro atoms. The Hall–Kier alpha value is 0. The van der Waals surface area contributed by atoms with Crippen LogP contribution in [-0.2, 0) is 0 Å². The van der Waals surface area contributed by atoms with Crippen LogP contribution in [0.4, 0.5) is 0 Å². The minimum Gasteiger partial charge on any atom is -0.356 e. The molecule has 0 aromatic rings. The summed E-state index contributed by atoms with van der Waals surface area (Å²) in [5, 5.41) is 6.86. The molecule has 0 bridgehead atoms. The highest BCUT2D eigenvalue weighted by molar-refractivity contribution is 14.0. The molecule has 0 aromatic carbocycles. The lowest BCUT2D eigenvalue weighted by Crippen LogP contribution is -2.42. The number of nitrogens with zero attached hydrogens (tertiary/aromatic N) is 1. The van der Waals surface area contributed by atoms with Crippen molar-refractivity contribution in [2.24, 2.45) is 22.2 Å². The summed E-state index contributed by atoms with van der Waals surface area (Å²) in [6, 6.07) is 0. The number of halogens is 1. The first-order valence-electron chi connectivity index (χ1n) is 6.61. The van der Waals surface area contributed by atoms with E-state index in [-0.39, 0.29) is 24.0 Å². The molecule has 17 heavy (non-hydrogen) atoms. The summed E-state index contributed by atoms with van der Waals surface area (Å²) in [5.74, 6) is 2.65. The summed E-state index contributed by atoms with van der Waals surface area (Å²) in [4.78, 5) is 4.27. The second-order valence-corrected chi connectivity index (χ2v) is 5.84. The second-order valence-electron chi connectivity index (χ2n) is 5.84. The van der Waals surface area contributed by atoms with Crippen LogP contribution in [0.15, 0.2) is 4.99 Å². The Bertz CT molecular complexity index is 268. The van der Waals surface area contributed by atoms with Crippen molar-refractivity contribution in [3.05, 3.63) is 0 Å². The SMILES string of the molecule is CN=C(NCC(C)C)NCC1(C2CC2)CC1.I. The fourth-order valence-corrected chi connectivity index (χ4v) is 2.37. The lowest BCUT2D eigenvalue weighted by molar-refractivity contribution is 0.430. The Morgan fingerprint density at radius 3 is 2.35 bits per heavy atom. The van der Waals surface area contributed by atoms with E-state index in [0.717, 1.165) is 25.0 Å². The Balaban J connectivity index is 0.00000144. The van der Waals surface area contributed by atoms with E-state index < -0.39 is 0 Å². The number of hydrogen-bond acceptors (Lipinski definition) is 1. The van der Waals surface area contributed by atoms with Gasteiger partial charge in [-0.25, -0.2) is 0 Å². The zero-order chi connectivity index (χ0) is 11.6. The molecule has 2 rings (SSSR count). The highest BCUT2D eigenvalue weighted by atomic mass is 127. The maximum atomic E-state index is 4.27. The van der Waals surface area contributed by atoms with Crippen molar-refractivity contribution >= 4 is 29.9 Å². The van der Waals surface area contributed by atoms with E-state index in [1.54, 1.807) is 0 Å². The first-order chi connectivity index (χ1) is 7.66. The molecule has 3 nitrogen and oxygen atoms in total. The van der Waals surface area contributed by atoms with Crippen LogP contribution in [0.5, 0.6) is 0 Å². The molecule has 2 aliphatic rings. The molecular formula is C13H26IN3. The second kappa shape index (κ2) is 6.25. The monoisotopic (exact) mass is 351 g/mol. The van der Waals surface area contributed by atoms with Crippen molar-refractivity contribution in [2.75, 3.05) is 20.1 Å². The lowest BCUT2D eigenvalue weighted by atomic mass is 10.0. The molecule has 0 saturated heterocycles. The average molecular weight is 351 g/mol. The zero-order valence-corrected chi connectivity index (χ0v) is 13.6. The smallest absolute Gasteiger partial charge is 0.191 e. The molecule has 0 aliphatic heterocycles. The largest absolute Gasteiger partial charge is 0.356 e. The van der Waals surface area contributed by atoms with Crippen molar-refractivity contribution in [1.82, 2.24) is 10.6 Å². The molecule has 0 heterocycles. The average Bonchev–Trinajstić information content (AvgIpc) is 3.11. The van der Waals surface area contributed by atoms with E-state index in [1.807, 2.05) is 7.05 Å². The minimum absolute atomic E-state index is 0. The number of aliphatic imine (C=N–C) groups is 1. The predicted molar refractivity (Wildman–Crippen MR) is 84.0 cm³/mol. The number of rotatable bonds is 5. The van der Waals surface area contributed by atoms with Gasteiger partial charge in [0.05, 0.1) is 0 Å². The molecule has 0 unspecified atom stereocenters. The molecule has 2 fully saturated rings. The van der Waals surface area contributed by atoms with E-state index in [0.29, 0.717) is 11.3 Å². The highest BCUT2D eigenvalue weighted by Crippen LogP contribution is 2.60. The Labute approximate surface area is 122 Å². The van der Waals surface area contributed by atoms with Gasteiger partial charge in [-0.3, -0.25) is 4.99 Å². The third kappa shape index (κ3) is 4.30. The normalized spacial score (nSPS) is 22.0. The summed E-state index contributed by atoms with van der Waals surface area (Å²) in [6.45, 7) is 6.55. The third-order valence-corrected chi connectivity index (χ3v) is 3.84. The number of guanidine groups is 1. The molecule has 0 atom stereocenters. The van der Waals surface area contributed by atoms with Crippen LogP contribution in [0.1, 0.15) is 39.5 Å². The van der Waals surface area contributed by atoms with E-state index in [1.165, 1.54) is 25.7 Å². The third-order valence-electron chi connectivity index (χ3n) is 3.84. The summed E-state index contributed by atoms with van der Waals surface area (Å²) >= 11 is 0. The summed E-state index contributed by atoms with van der Waals surface area (Å²) in [7, 11) is 1.85. The van der Waals surface area contributed by atoms with E-state index in [9.17, 15) is 0 Å². The van der Waals surface area contributed by atoms with Gasteiger partial charge in [0.1, 0.15) is 0 Å². The van der Waals surface area contributed by atoms with Gasteiger partial charge in [0.2, 0.25) is 0 Å². The van der Waals surface area contributed by atoms with Crippen LogP contribution >= 0.6 is 24.0 Å². The topological polar surface area (TPSA) is 36.4 Å². The summed E-state index contributed by atoms with van der Waals surface area (Å²) in [6.07, 6.45) is 5.76. The maximum Gasteiger partial charge on any atom is 0.191 e. The van der Waals surface area contributed by atoms with E-state index in [4.69, 9.17) is 0 Å². The van der Waals surface area contributed by atoms with Gasteiger partial charge in [-0.1, -0.05) is 13.8 Å². The quantitative estimate of drug-likeness (QED) is 0.454. The van der Waals surface area contributed by atoms with E-state index in [2.05, 4.69) is 29.5 Å². The van der Waals surface area contributed by atoms with E-state index >= 15 is 0 Å². The Morgan fingerprint density at radius 1 is 1.29 bits per heavy atom. The molecule has 2 aliphatic carbocycles. The predicted octanol–water partition coefficient (Wildman–Crippen LogP) is 2.62. The van der Waals surface area contributed by atoms with Gasteiger partial charge in [-0.15, -0.1) is 24.0 Å². The van der Waals surface area contributed by atoms with Gasteiger partial charge >= 0.3 is 0 Å². The van der Waals surface area contributed by atoms with Gasteiger partial charge in [0.25, 0.3) is 0 Å². The van der Waals surface area contributed by atoms with Crippen molar-refractivity contribution in [3.63, 3.8) is 0 Å². The molecule has 0 aromatic heterocycles. The van der Waals surface area contributed by atoms with Crippen molar-refractivity contribution in [2.45, 2.75) is 39.5 Å². The minimum atomic E-state index is 0. The van der Waals surface area contributed by atoms with Crippen LogP contribution in [0.2, 0.25) is 0 Å². The number of nitrogens with one attached hydrogen (secondary N) is 2. The van der Waals surface area contributed by atoms with Crippen LogP contribution < -0.4 is 10.6 Å². The molecule has 4 heteroatoms. The van der Waals surface area contributed by atoms with Crippen molar-refractivity contribution < 1.29 is 0 Å². The molecule has 0 radical (unpaired) electrons. The lowest BCUT2D eigenvalue weighted by Gasteiger charge is -2.18. The first kappa shape index (κ1) is 15.1. The first-order valence-corrected chi connectivity index (χ1v) is 6.61. The zero-order valence-electron chi connectivity index (χ0n) is 11.3. The maximum absolute atomic E-state index is 4.27. The van der Waals surface area contributed by atoms with Crippen LogP contribution in [-0.4, -0.2) is 26.1 Å². The molecule has 100 valence electrons.